The molecule has 0 aliphatic heterocycles. The van der Waals surface area contributed by atoms with Gasteiger partial charge in [-0.1, -0.05) is 36.4 Å². The van der Waals surface area contributed by atoms with Gasteiger partial charge in [0.2, 0.25) is 0 Å². The van der Waals surface area contributed by atoms with Crippen molar-refractivity contribution in [3.8, 4) is 0 Å². The summed E-state index contributed by atoms with van der Waals surface area (Å²) in [6.45, 7) is 7.25. The minimum Gasteiger partial charge on any atom is -0.443 e. The maximum atomic E-state index is 12.6. The van der Waals surface area contributed by atoms with E-state index in [1.165, 1.54) is 4.57 Å². The molecule has 6 heteroatoms. The van der Waals surface area contributed by atoms with Crippen molar-refractivity contribution in [1.29, 1.82) is 0 Å². The summed E-state index contributed by atoms with van der Waals surface area (Å²) in [4.78, 5) is 24.8. The molecule has 1 heterocycles. The van der Waals surface area contributed by atoms with Crippen LogP contribution in [0.4, 0.5) is 4.79 Å². The number of amides is 1. The first-order chi connectivity index (χ1) is 13.3. The van der Waals surface area contributed by atoms with E-state index in [-0.39, 0.29) is 5.91 Å². The van der Waals surface area contributed by atoms with Gasteiger partial charge in [0.25, 0.3) is 5.91 Å². The lowest BCUT2D eigenvalue weighted by Crippen LogP contribution is -2.26. The molecular weight excluding hydrogens is 354 g/mol. The van der Waals surface area contributed by atoms with Crippen LogP contribution in [0.3, 0.4) is 0 Å². The second-order valence-electron chi connectivity index (χ2n) is 7.41. The summed E-state index contributed by atoms with van der Waals surface area (Å²) in [7, 11) is 0. The molecule has 0 bridgehead atoms. The van der Waals surface area contributed by atoms with Crippen LogP contribution in [-0.2, 0) is 4.74 Å². The Kier molecular flexibility index (Phi) is 5.31. The van der Waals surface area contributed by atoms with Gasteiger partial charge < -0.3 is 4.74 Å². The Morgan fingerprint density at radius 3 is 2.32 bits per heavy atom. The fraction of sp³-hybridized carbons (Fsp3) is 0.227. The number of carbonyl (C=O) groups is 2. The Balaban J connectivity index is 1.92. The number of aromatic nitrogens is 1. The monoisotopic (exact) mass is 377 g/mol. The SMILES string of the molecule is C/C(=N\NC(=O)c1ccccc1)c1cn(C(=O)OC(C)(C)C)c2ccccc12. The third kappa shape index (κ3) is 4.28. The number of fused-ring (bicyclic) bond motifs is 1. The highest BCUT2D eigenvalue weighted by Crippen LogP contribution is 2.23. The molecule has 0 radical (unpaired) electrons. The Morgan fingerprint density at radius 2 is 1.64 bits per heavy atom. The summed E-state index contributed by atoms with van der Waals surface area (Å²) in [5.74, 6) is -0.296. The Labute approximate surface area is 163 Å². The maximum absolute atomic E-state index is 12.6. The van der Waals surface area contributed by atoms with E-state index in [0.29, 0.717) is 11.3 Å². The molecular formula is C22H23N3O3. The predicted octanol–water partition coefficient (Wildman–Crippen LogP) is 4.58. The minimum atomic E-state index is -0.602. The number of rotatable bonds is 3. The average Bonchev–Trinajstić information content (AvgIpc) is 3.05. The number of carbonyl (C=O) groups excluding carboxylic acids is 2. The smallest absolute Gasteiger partial charge is 0.419 e. The zero-order valence-corrected chi connectivity index (χ0v) is 16.4. The van der Waals surface area contributed by atoms with Crippen LogP contribution in [0.5, 0.6) is 0 Å². The number of para-hydroxylation sites is 1. The van der Waals surface area contributed by atoms with Crippen molar-refractivity contribution in [2.75, 3.05) is 0 Å². The number of hydrazone groups is 1. The van der Waals surface area contributed by atoms with Gasteiger partial charge in [-0.2, -0.15) is 5.10 Å². The molecule has 0 fully saturated rings. The standard InChI is InChI=1S/C22H23N3O3/c1-15(23-24-20(26)16-10-6-5-7-11-16)18-14-25(21(27)28-22(2,3)4)19-13-9-8-12-17(18)19/h5-14H,1-4H3,(H,24,26)/b23-15+. The van der Waals surface area contributed by atoms with Crippen molar-refractivity contribution >= 4 is 28.6 Å². The van der Waals surface area contributed by atoms with Crippen molar-refractivity contribution in [2.24, 2.45) is 5.10 Å². The normalized spacial score (nSPS) is 12.1. The molecule has 1 aromatic heterocycles. The molecule has 3 aromatic rings. The van der Waals surface area contributed by atoms with E-state index in [1.54, 1.807) is 37.4 Å². The maximum Gasteiger partial charge on any atom is 0.419 e. The van der Waals surface area contributed by atoms with E-state index in [4.69, 9.17) is 4.74 Å². The lowest BCUT2D eigenvalue weighted by molar-refractivity contribution is 0.0544. The second kappa shape index (κ2) is 7.68. The highest BCUT2D eigenvalue weighted by molar-refractivity contribution is 6.11. The van der Waals surface area contributed by atoms with Gasteiger partial charge in [0, 0.05) is 22.7 Å². The van der Waals surface area contributed by atoms with Gasteiger partial charge in [-0.3, -0.25) is 9.36 Å². The van der Waals surface area contributed by atoms with Gasteiger partial charge in [-0.15, -0.1) is 0 Å². The molecule has 0 unspecified atom stereocenters. The first-order valence-corrected chi connectivity index (χ1v) is 9.00. The first-order valence-electron chi connectivity index (χ1n) is 9.00. The predicted molar refractivity (Wildman–Crippen MR) is 110 cm³/mol. The number of nitrogens with zero attached hydrogens (tertiary/aromatic N) is 2. The summed E-state index contributed by atoms with van der Waals surface area (Å²) in [6.07, 6.45) is 1.22. The second-order valence-corrected chi connectivity index (χ2v) is 7.41. The van der Waals surface area contributed by atoms with E-state index in [0.717, 1.165) is 16.5 Å². The number of hydrogen-bond acceptors (Lipinski definition) is 4. The minimum absolute atomic E-state index is 0.296. The molecule has 28 heavy (non-hydrogen) atoms. The van der Waals surface area contributed by atoms with Crippen molar-refractivity contribution in [3.63, 3.8) is 0 Å². The van der Waals surface area contributed by atoms with Gasteiger partial charge >= 0.3 is 6.09 Å². The van der Waals surface area contributed by atoms with Crippen LogP contribution in [0.25, 0.3) is 10.9 Å². The third-order valence-corrected chi connectivity index (χ3v) is 4.05. The van der Waals surface area contributed by atoms with E-state index in [9.17, 15) is 9.59 Å². The van der Waals surface area contributed by atoms with Gasteiger partial charge in [0.1, 0.15) is 5.60 Å². The number of ether oxygens (including phenoxy) is 1. The lowest BCUT2D eigenvalue weighted by Gasteiger charge is -2.19. The summed E-state index contributed by atoms with van der Waals surface area (Å²) in [6, 6.07) is 16.4. The van der Waals surface area contributed by atoms with Crippen molar-refractivity contribution < 1.29 is 14.3 Å². The number of benzene rings is 2. The zero-order valence-electron chi connectivity index (χ0n) is 16.4. The molecule has 0 aliphatic rings. The highest BCUT2D eigenvalue weighted by Gasteiger charge is 2.21. The first kappa shape index (κ1) is 19.4. The molecule has 1 N–H and O–H groups in total. The number of hydrogen-bond donors (Lipinski definition) is 1. The summed E-state index contributed by atoms with van der Waals surface area (Å²) in [5, 5.41) is 5.07. The molecule has 144 valence electrons. The molecule has 2 aromatic carbocycles. The van der Waals surface area contributed by atoms with E-state index in [1.807, 2.05) is 51.1 Å². The van der Waals surface area contributed by atoms with Gasteiger partial charge in [-0.25, -0.2) is 10.2 Å². The molecule has 0 saturated heterocycles. The van der Waals surface area contributed by atoms with Crippen LogP contribution in [-0.4, -0.2) is 27.9 Å². The Bertz CT molecular complexity index is 1040. The molecule has 6 nitrogen and oxygen atoms in total. The zero-order chi connectivity index (χ0) is 20.3. The average molecular weight is 377 g/mol. The highest BCUT2D eigenvalue weighted by atomic mass is 16.6. The van der Waals surface area contributed by atoms with Crippen LogP contribution in [0.2, 0.25) is 0 Å². The fourth-order valence-electron chi connectivity index (χ4n) is 2.78. The molecule has 0 aliphatic carbocycles. The summed E-state index contributed by atoms with van der Waals surface area (Å²) in [5.41, 5.74) is 4.53. The molecule has 3 rings (SSSR count). The fourth-order valence-corrected chi connectivity index (χ4v) is 2.78. The van der Waals surface area contributed by atoms with Crippen LogP contribution in [0.15, 0.2) is 65.9 Å². The summed E-state index contributed by atoms with van der Waals surface area (Å²) >= 11 is 0. The molecule has 0 spiro atoms. The lowest BCUT2D eigenvalue weighted by atomic mass is 10.1. The van der Waals surface area contributed by atoms with Gasteiger partial charge in [-0.05, 0) is 45.9 Å². The summed E-state index contributed by atoms with van der Waals surface area (Å²) < 4.78 is 6.96. The number of nitrogens with one attached hydrogen (secondary N) is 1. The molecule has 0 saturated carbocycles. The quantitative estimate of drug-likeness (QED) is 0.536. The van der Waals surface area contributed by atoms with Crippen molar-refractivity contribution in [1.82, 2.24) is 9.99 Å². The molecule has 0 atom stereocenters. The molecule has 1 amide bonds. The Hall–Kier alpha value is -3.41. The van der Waals surface area contributed by atoms with E-state index >= 15 is 0 Å². The van der Waals surface area contributed by atoms with Crippen molar-refractivity contribution in [3.05, 3.63) is 71.9 Å². The van der Waals surface area contributed by atoms with Crippen LogP contribution in [0.1, 0.15) is 43.6 Å². The van der Waals surface area contributed by atoms with E-state index in [2.05, 4.69) is 10.5 Å². The third-order valence-electron chi connectivity index (χ3n) is 4.05. The largest absolute Gasteiger partial charge is 0.443 e. The topological polar surface area (TPSA) is 72.7 Å². The van der Waals surface area contributed by atoms with Crippen LogP contribution < -0.4 is 5.43 Å². The van der Waals surface area contributed by atoms with Crippen molar-refractivity contribution in [2.45, 2.75) is 33.3 Å². The Morgan fingerprint density at radius 1 is 1.00 bits per heavy atom. The van der Waals surface area contributed by atoms with Gasteiger partial charge in [0.05, 0.1) is 11.2 Å². The van der Waals surface area contributed by atoms with E-state index < -0.39 is 11.7 Å². The van der Waals surface area contributed by atoms with Gasteiger partial charge in [0.15, 0.2) is 0 Å². The van der Waals surface area contributed by atoms with Crippen LogP contribution in [0, 0.1) is 0 Å². The van der Waals surface area contributed by atoms with Crippen LogP contribution >= 0.6 is 0 Å².